The molecule has 5 nitrogen and oxygen atoms in total. The van der Waals surface area contributed by atoms with E-state index in [1.165, 1.54) is 12.8 Å². The summed E-state index contributed by atoms with van der Waals surface area (Å²) in [5.74, 6) is 0.885. The lowest BCUT2D eigenvalue weighted by molar-refractivity contribution is 0.0840. The van der Waals surface area contributed by atoms with Crippen molar-refractivity contribution in [3.05, 3.63) is 48.3 Å². The van der Waals surface area contributed by atoms with E-state index in [-0.39, 0.29) is 12.5 Å². The maximum Gasteiger partial charge on any atom is 0.252 e. The van der Waals surface area contributed by atoms with E-state index in [9.17, 15) is 9.90 Å². The first-order chi connectivity index (χ1) is 12.2. The van der Waals surface area contributed by atoms with Crippen LogP contribution in [-0.4, -0.2) is 35.8 Å². The number of rotatable bonds is 6. The number of nitrogens with zero attached hydrogens (tertiary/aromatic N) is 1. The standard InChI is InChI=1S/C20H24N2O3/c1-25-18-8-6-14(7-9-18)16-10-17(12-21-11-16)20(24)22-13-19(23)15-4-2-3-5-15/h6-12,15,19,23H,2-5,13H2,1H3,(H,22,24). The summed E-state index contributed by atoms with van der Waals surface area (Å²) < 4.78 is 5.16. The number of aliphatic hydroxyl groups excluding tert-OH is 1. The fraction of sp³-hybridized carbons (Fsp3) is 0.400. The number of aliphatic hydroxyl groups is 1. The number of nitrogens with one attached hydrogen (secondary N) is 1. The smallest absolute Gasteiger partial charge is 0.252 e. The Morgan fingerprint density at radius 2 is 1.96 bits per heavy atom. The van der Waals surface area contributed by atoms with E-state index in [1.807, 2.05) is 30.3 Å². The van der Waals surface area contributed by atoms with Gasteiger partial charge in [0.25, 0.3) is 5.91 Å². The van der Waals surface area contributed by atoms with Gasteiger partial charge in [0, 0.05) is 24.5 Å². The van der Waals surface area contributed by atoms with Crippen LogP contribution in [-0.2, 0) is 0 Å². The zero-order valence-corrected chi connectivity index (χ0v) is 14.4. The molecule has 132 valence electrons. The van der Waals surface area contributed by atoms with Crippen LogP contribution in [0.3, 0.4) is 0 Å². The first kappa shape index (κ1) is 17.4. The molecule has 1 atom stereocenters. The van der Waals surface area contributed by atoms with Gasteiger partial charge in [0.1, 0.15) is 5.75 Å². The first-order valence-electron chi connectivity index (χ1n) is 8.73. The Morgan fingerprint density at radius 3 is 2.64 bits per heavy atom. The summed E-state index contributed by atoms with van der Waals surface area (Å²) in [6.45, 7) is 0.288. The summed E-state index contributed by atoms with van der Waals surface area (Å²) in [7, 11) is 1.63. The highest BCUT2D eigenvalue weighted by atomic mass is 16.5. The van der Waals surface area contributed by atoms with E-state index in [1.54, 1.807) is 19.5 Å². The third kappa shape index (κ3) is 4.37. The van der Waals surface area contributed by atoms with Crippen molar-refractivity contribution in [2.45, 2.75) is 31.8 Å². The second-order valence-corrected chi connectivity index (χ2v) is 6.51. The number of amides is 1. The Morgan fingerprint density at radius 1 is 1.24 bits per heavy atom. The quantitative estimate of drug-likeness (QED) is 0.848. The SMILES string of the molecule is COc1ccc(-c2cncc(C(=O)NCC(O)C3CCCC3)c2)cc1. The van der Waals surface area contributed by atoms with Gasteiger partial charge >= 0.3 is 0 Å². The lowest BCUT2D eigenvalue weighted by Gasteiger charge is -2.18. The van der Waals surface area contributed by atoms with Gasteiger partial charge in [-0.25, -0.2) is 0 Å². The van der Waals surface area contributed by atoms with Crippen LogP contribution >= 0.6 is 0 Å². The van der Waals surface area contributed by atoms with Crippen molar-refractivity contribution >= 4 is 5.91 Å². The Kier molecular flexibility index (Phi) is 5.66. The number of aromatic nitrogens is 1. The topological polar surface area (TPSA) is 71.5 Å². The normalized spacial score (nSPS) is 15.8. The van der Waals surface area contributed by atoms with Gasteiger partial charge in [0.15, 0.2) is 0 Å². The van der Waals surface area contributed by atoms with Crippen LogP contribution in [0.15, 0.2) is 42.7 Å². The van der Waals surface area contributed by atoms with Crippen LogP contribution in [0.1, 0.15) is 36.0 Å². The Balaban J connectivity index is 1.64. The maximum absolute atomic E-state index is 12.4. The molecule has 0 radical (unpaired) electrons. The van der Waals surface area contributed by atoms with Crippen molar-refractivity contribution in [1.29, 1.82) is 0 Å². The molecule has 1 aliphatic carbocycles. The Bertz CT molecular complexity index is 709. The van der Waals surface area contributed by atoms with Crippen LogP contribution in [0.5, 0.6) is 5.75 Å². The third-order valence-corrected chi connectivity index (χ3v) is 4.84. The molecule has 3 rings (SSSR count). The molecule has 1 aromatic carbocycles. The van der Waals surface area contributed by atoms with Gasteiger partial charge in [-0.2, -0.15) is 0 Å². The summed E-state index contributed by atoms with van der Waals surface area (Å²) in [6, 6.07) is 9.43. The number of benzene rings is 1. The molecule has 1 unspecified atom stereocenters. The van der Waals surface area contributed by atoms with Crippen LogP contribution in [0.25, 0.3) is 11.1 Å². The molecule has 1 heterocycles. The van der Waals surface area contributed by atoms with Crippen LogP contribution < -0.4 is 10.1 Å². The predicted octanol–water partition coefficient (Wildman–Crippen LogP) is 3.04. The molecule has 0 saturated heterocycles. The van der Waals surface area contributed by atoms with E-state index in [4.69, 9.17) is 4.74 Å². The minimum absolute atomic E-state index is 0.208. The molecule has 1 saturated carbocycles. The lowest BCUT2D eigenvalue weighted by atomic mass is 10.0. The lowest BCUT2D eigenvalue weighted by Crippen LogP contribution is -2.35. The molecule has 1 aliphatic rings. The molecule has 1 aromatic heterocycles. The van der Waals surface area contributed by atoms with Crippen molar-refractivity contribution in [1.82, 2.24) is 10.3 Å². The zero-order chi connectivity index (χ0) is 17.6. The van der Waals surface area contributed by atoms with E-state index in [0.29, 0.717) is 11.5 Å². The molecular formula is C20H24N2O3. The molecule has 5 heteroatoms. The van der Waals surface area contributed by atoms with Crippen molar-refractivity contribution < 1.29 is 14.6 Å². The predicted molar refractivity (Wildman–Crippen MR) is 96.5 cm³/mol. The zero-order valence-electron chi connectivity index (χ0n) is 14.4. The minimum Gasteiger partial charge on any atom is -0.497 e. The van der Waals surface area contributed by atoms with Gasteiger partial charge in [-0.15, -0.1) is 0 Å². The molecule has 0 aliphatic heterocycles. The number of hydrogen-bond acceptors (Lipinski definition) is 4. The second kappa shape index (κ2) is 8.12. The van der Waals surface area contributed by atoms with Crippen molar-refractivity contribution in [3.63, 3.8) is 0 Å². The van der Waals surface area contributed by atoms with Crippen LogP contribution in [0, 0.1) is 5.92 Å². The van der Waals surface area contributed by atoms with E-state index in [0.717, 1.165) is 29.7 Å². The largest absolute Gasteiger partial charge is 0.497 e. The molecule has 2 N–H and O–H groups in total. The van der Waals surface area contributed by atoms with Crippen LogP contribution in [0.2, 0.25) is 0 Å². The average Bonchev–Trinajstić information content (AvgIpc) is 3.21. The average molecular weight is 340 g/mol. The second-order valence-electron chi connectivity index (χ2n) is 6.51. The maximum atomic E-state index is 12.4. The Hall–Kier alpha value is -2.40. The number of ether oxygens (including phenoxy) is 1. The molecule has 25 heavy (non-hydrogen) atoms. The number of carbonyl (C=O) groups is 1. The highest BCUT2D eigenvalue weighted by Crippen LogP contribution is 2.27. The van der Waals surface area contributed by atoms with E-state index >= 15 is 0 Å². The first-order valence-corrected chi connectivity index (χ1v) is 8.73. The van der Waals surface area contributed by atoms with Crippen molar-refractivity contribution in [2.24, 2.45) is 5.92 Å². The summed E-state index contributed by atoms with van der Waals surface area (Å²) >= 11 is 0. The Labute approximate surface area is 148 Å². The summed E-state index contributed by atoms with van der Waals surface area (Å²) in [5.41, 5.74) is 2.33. The van der Waals surface area contributed by atoms with Gasteiger partial charge in [-0.3, -0.25) is 9.78 Å². The van der Waals surface area contributed by atoms with Crippen LogP contribution in [0.4, 0.5) is 0 Å². The third-order valence-electron chi connectivity index (χ3n) is 4.84. The number of pyridine rings is 1. The van der Waals surface area contributed by atoms with E-state index in [2.05, 4.69) is 10.3 Å². The highest BCUT2D eigenvalue weighted by molar-refractivity contribution is 5.95. The van der Waals surface area contributed by atoms with Gasteiger partial charge in [-0.05, 0) is 42.5 Å². The molecule has 1 amide bonds. The monoisotopic (exact) mass is 340 g/mol. The fourth-order valence-electron chi connectivity index (χ4n) is 3.31. The van der Waals surface area contributed by atoms with Gasteiger partial charge in [0.05, 0.1) is 18.8 Å². The van der Waals surface area contributed by atoms with E-state index < -0.39 is 6.10 Å². The number of carbonyl (C=O) groups excluding carboxylic acids is 1. The van der Waals surface area contributed by atoms with Crippen molar-refractivity contribution in [2.75, 3.05) is 13.7 Å². The van der Waals surface area contributed by atoms with Crippen molar-refractivity contribution in [3.8, 4) is 16.9 Å². The van der Waals surface area contributed by atoms with Gasteiger partial charge in [0.2, 0.25) is 0 Å². The molecule has 1 fully saturated rings. The summed E-state index contributed by atoms with van der Waals surface area (Å²) in [6.07, 6.45) is 7.24. The molecule has 0 spiro atoms. The summed E-state index contributed by atoms with van der Waals surface area (Å²) in [4.78, 5) is 16.5. The number of methoxy groups -OCH3 is 1. The molecular weight excluding hydrogens is 316 g/mol. The number of hydrogen-bond donors (Lipinski definition) is 2. The molecule has 0 bridgehead atoms. The highest BCUT2D eigenvalue weighted by Gasteiger charge is 2.23. The summed E-state index contributed by atoms with van der Waals surface area (Å²) in [5, 5.41) is 13.0. The van der Waals surface area contributed by atoms with Gasteiger partial charge in [-0.1, -0.05) is 25.0 Å². The fourth-order valence-corrected chi connectivity index (χ4v) is 3.31. The van der Waals surface area contributed by atoms with Gasteiger partial charge < -0.3 is 15.2 Å². The molecule has 2 aromatic rings. The minimum atomic E-state index is -0.468.